The molecule has 0 aromatic heterocycles. The normalized spacial score (nSPS) is 18.3. The number of rotatable bonds is 1. The fourth-order valence-electron chi connectivity index (χ4n) is 2.56. The van der Waals surface area contributed by atoms with Gasteiger partial charge in [-0.3, -0.25) is 6.08 Å². The zero-order valence-corrected chi connectivity index (χ0v) is 20.0. The topological polar surface area (TPSA) is 0 Å². The van der Waals surface area contributed by atoms with Crippen molar-refractivity contribution in [3.8, 4) is 0 Å². The number of hydrogen-bond donors (Lipinski definition) is 0. The molecule has 0 aromatic rings. The van der Waals surface area contributed by atoms with Crippen LogP contribution in [0.1, 0.15) is 68.7 Å². The Labute approximate surface area is 175 Å². The van der Waals surface area contributed by atoms with E-state index in [0.717, 1.165) is 6.42 Å². The molecule has 0 spiro atoms. The third kappa shape index (κ3) is 7.45. The molecular formula is C20H30Cl2Zr. The van der Waals surface area contributed by atoms with Gasteiger partial charge in [-0.15, -0.1) is 13.8 Å². The molecule has 0 fully saturated rings. The smallest absolute Gasteiger partial charge is 1.00 e. The summed E-state index contributed by atoms with van der Waals surface area (Å²) in [7, 11) is 0. The molecule has 0 saturated heterocycles. The van der Waals surface area contributed by atoms with Gasteiger partial charge in [0, 0.05) is 0 Å². The van der Waals surface area contributed by atoms with Crippen molar-refractivity contribution in [2.24, 2.45) is 11.3 Å². The minimum absolute atomic E-state index is 0. The summed E-state index contributed by atoms with van der Waals surface area (Å²) >= 11 is 0. The molecule has 0 bridgehead atoms. The van der Waals surface area contributed by atoms with E-state index >= 15 is 0 Å². The Bertz CT molecular complexity index is 518. The summed E-state index contributed by atoms with van der Waals surface area (Å²) in [6, 6.07) is 0. The molecule has 3 heteroatoms. The second-order valence-corrected chi connectivity index (χ2v) is 7.01. The van der Waals surface area contributed by atoms with Gasteiger partial charge in [0.25, 0.3) is 0 Å². The van der Waals surface area contributed by atoms with Crippen LogP contribution in [-0.4, -0.2) is 0 Å². The molecule has 2 aliphatic rings. The van der Waals surface area contributed by atoms with Crippen molar-refractivity contribution in [1.82, 2.24) is 0 Å². The third-order valence-corrected chi connectivity index (χ3v) is 4.70. The zero-order valence-electron chi connectivity index (χ0n) is 16.0. The fraction of sp³-hybridized carbons (Fsp3) is 0.600. The summed E-state index contributed by atoms with van der Waals surface area (Å²) in [6.45, 7) is 19.7. The second kappa shape index (κ2) is 11.1. The largest absolute Gasteiger partial charge is 4.00 e. The van der Waals surface area contributed by atoms with Crippen LogP contribution >= 0.6 is 0 Å². The predicted molar refractivity (Wildman–Crippen MR) is 89.2 cm³/mol. The second-order valence-electron chi connectivity index (χ2n) is 7.01. The predicted octanol–water partition coefficient (Wildman–Crippen LogP) is 0.230. The van der Waals surface area contributed by atoms with Gasteiger partial charge in [-0.25, -0.2) is 22.8 Å². The first kappa shape index (κ1) is 28.2. The molecule has 0 aromatic carbocycles. The van der Waals surface area contributed by atoms with E-state index < -0.39 is 0 Å². The van der Waals surface area contributed by atoms with Gasteiger partial charge in [0.2, 0.25) is 0 Å². The Morgan fingerprint density at radius 1 is 0.957 bits per heavy atom. The van der Waals surface area contributed by atoms with Crippen LogP contribution in [0.15, 0.2) is 33.4 Å². The minimum atomic E-state index is 0. The van der Waals surface area contributed by atoms with Crippen molar-refractivity contribution in [1.29, 1.82) is 0 Å². The summed E-state index contributed by atoms with van der Waals surface area (Å²) in [5.41, 5.74) is 8.70. The van der Waals surface area contributed by atoms with E-state index in [-0.39, 0.29) is 56.4 Å². The van der Waals surface area contributed by atoms with Gasteiger partial charge < -0.3 is 24.8 Å². The van der Waals surface area contributed by atoms with Gasteiger partial charge >= 0.3 is 26.2 Å². The molecule has 0 nitrogen and oxygen atoms in total. The molecule has 0 aliphatic heterocycles. The molecule has 128 valence electrons. The quantitative estimate of drug-likeness (QED) is 0.521. The van der Waals surface area contributed by atoms with E-state index in [4.69, 9.17) is 0 Å². The van der Waals surface area contributed by atoms with E-state index in [1.165, 1.54) is 33.4 Å². The fourth-order valence-corrected chi connectivity index (χ4v) is 2.56. The SMILES string of the molecule is CC1=C(C)CC(C(C)C)=[C-]1.CC1=[C-]C(C)(C)C(C)=C1C.[Cl-].[Cl-].[Zr+4]. The van der Waals surface area contributed by atoms with Crippen LogP contribution in [-0.2, 0) is 26.2 Å². The Morgan fingerprint density at radius 3 is 1.57 bits per heavy atom. The van der Waals surface area contributed by atoms with Gasteiger partial charge in [-0.2, -0.15) is 16.7 Å². The molecule has 0 N–H and O–H groups in total. The average molecular weight is 433 g/mol. The Hall–Kier alpha value is 0.423. The van der Waals surface area contributed by atoms with E-state index in [1.807, 2.05) is 0 Å². The molecule has 23 heavy (non-hydrogen) atoms. The standard InChI is InChI=1S/2C10H15.2ClH.Zr/c1-7-6-10(4,5)9(3)8(7)2;1-7(2)10-5-8(3)9(4)6-10;;;/h1-5H3;7H,5H2,1-4H3;2*1H;/q2*-1;;;+4/p-2. The van der Waals surface area contributed by atoms with E-state index in [1.54, 1.807) is 0 Å². The molecule has 0 radical (unpaired) electrons. The minimum Gasteiger partial charge on any atom is -1.00 e. The molecule has 0 amide bonds. The maximum absolute atomic E-state index is 3.44. The average Bonchev–Trinajstić information content (AvgIpc) is 2.75. The number of allylic oxidation sites excluding steroid dienone is 8. The van der Waals surface area contributed by atoms with E-state index in [9.17, 15) is 0 Å². The summed E-state index contributed by atoms with van der Waals surface area (Å²) in [5.74, 6) is 0.674. The van der Waals surface area contributed by atoms with Crippen LogP contribution < -0.4 is 24.8 Å². The summed E-state index contributed by atoms with van der Waals surface area (Å²) in [6.07, 6.45) is 7.99. The molecule has 2 aliphatic carbocycles. The zero-order chi connectivity index (χ0) is 15.7. The van der Waals surface area contributed by atoms with Crippen LogP contribution in [0, 0.1) is 23.5 Å². The first-order valence-electron chi connectivity index (χ1n) is 7.65. The van der Waals surface area contributed by atoms with Crippen LogP contribution in [0.3, 0.4) is 0 Å². The molecule has 0 saturated carbocycles. The van der Waals surface area contributed by atoms with Crippen molar-refractivity contribution in [2.75, 3.05) is 0 Å². The number of hydrogen-bond acceptors (Lipinski definition) is 0. The first-order valence-corrected chi connectivity index (χ1v) is 7.65. The molecule has 0 heterocycles. The van der Waals surface area contributed by atoms with Gasteiger partial charge in [0.15, 0.2) is 0 Å². The van der Waals surface area contributed by atoms with Crippen molar-refractivity contribution in [2.45, 2.75) is 68.7 Å². The van der Waals surface area contributed by atoms with Gasteiger partial charge in [0.05, 0.1) is 0 Å². The monoisotopic (exact) mass is 430 g/mol. The molecule has 2 rings (SSSR count). The van der Waals surface area contributed by atoms with Crippen molar-refractivity contribution >= 4 is 0 Å². The number of halogens is 2. The van der Waals surface area contributed by atoms with Crippen molar-refractivity contribution < 1.29 is 51.0 Å². The van der Waals surface area contributed by atoms with E-state index in [0.29, 0.717) is 5.92 Å². The molecular weight excluding hydrogens is 402 g/mol. The summed E-state index contributed by atoms with van der Waals surface area (Å²) in [5, 5.41) is 0. The Morgan fingerprint density at radius 2 is 1.43 bits per heavy atom. The van der Waals surface area contributed by atoms with E-state index in [2.05, 4.69) is 74.5 Å². The third-order valence-electron chi connectivity index (χ3n) is 4.70. The summed E-state index contributed by atoms with van der Waals surface area (Å²) in [4.78, 5) is 0. The molecule has 0 atom stereocenters. The summed E-state index contributed by atoms with van der Waals surface area (Å²) < 4.78 is 0. The van der Waals surface area contributed by atoms with Crippen molar-refractivity contribution in [3.05, 3.63) is 45.6 Å². The maximum Gasteiger partial charge on any atom is 4.00 e. The maximum atomic E-state index is 3.44. The van der Waals surface area contributed by atoms with Gasteiger partial charge in [0.1, 0.15) is 0 Å². The van der Waals surface area contributed by atoms with Crippen LogP contribution in [0.25, 0.3) is 0 Å². The van der Waals surface area contributed by atoms with Gasteiger partial charge in [-0.1, -0.05) is 60.3 Å². The first-order chi connectivity index (χ1) is 9.06. The van der Waals surface area contributed by atoms with Crippen LogP contribution in [0.4, 0.5) is 0 Å². The van der Waals surface area contributed by atoms with Crippen LogP contribution in [0.5, 0.6) is 0 Å². The Balaban J connectivity index is -0.000000308. The van der Waals surface area contributed by atoms with Gasteiger partial charge in [-0.05, 0) is 5.92 Å². The van der Waals surface area contributed by atoms with Crippen molar-refractivity contribution in [3.63, 3.8) is 0 Å². The molecule has 0 unspecified atom stereocenters. The van der Waals surface area contributed by atoms with Crippen LogP contribution in [0.2, 0.25) is 0 Å². The Kier molecular flexibility index (Phi) is 13.6.